The molecule has 2 amide bonds. The van der Waals surface area contributed by atoms with Gasteiger partial charge in [0.25, 0.3) is 5.96 Å². The van der Waals surface area contributed by atoms with E-state index in [4.69, 9.17) is 10.9 Å². The number of primary amides is 1. The van der Waals surface area contributed by atoms with Crippen molar-refractivity contribution >= 4 is 12.0 Å². The molecule has 0 aromatic carbocycles. The fraction of sp³-hybridized carbons (Fsp3) is 0. The summed E-state index contributed by atoms with van der Waals surface area (Å²) in [4.78, 5) is 19.7. The van der Waals surface area contributed by atoms with Crippen LogP contribution in [-0.2, 0) is 0 Å². The molecule has 9 nitrogen and oxygen atoms in total. The third-order valence-electron chi connectivity index (χ3n) is 0.497. The fourth-order valence-corrected chi connectivity index (χ4v) is 0.238. The Morgan fingerprint density at radius 3 is 2.45 bits per heavy atom. The van der Waals surface area contributed by atoms with Gasteiger partial charge in [0.1, 0.15) is 4.91 Å². The molecule has 62 valence electrons. The number of carbonyl (C=O) groups is 1. The lowest BCUT2D eigenvalue weighted by atomic mass is 11.0. The van der Waals surface area contributed by atoms with E-state index in [-0.39, 0.29) is 0 Å². The zero-order valence-corrected chi connectivity index (χ0v) is 5.31. The quantitative estimate of drug-likeness (QED) is 0.174. The second-order valence-corrected chi connectivity index (χ2v) is 1.36. The first-order chi connectivity index (χ1) is 5.02. The van der Waals surface area contributed by atoms with E-state index in [1.165, 1.54) is 0 Å². The van der Waals surface area contributed by atoms with Crippen LogP contribution in [0.5, 0.6) is 0 Å². The molecule has 0 unspecified atom stereocenters. The minimum Gasteiger partial charge on any atom is -0.364 e. The molecule has 0 aromatic heterocycles. The summed E-state index contributed by atoms with van der Waals surface area (Å²) in [5, 5.41) is 10.3. The van der Waals surface area contributed by atoms with Gasteiger partial charge in [0, 0.05) is 0 Å². The number of rotatable bonds is 2. The van der Waals surface area contributed by atoms with E-state index in [1.807, 2.05) is 0 Å². The summed E-state index contributed by atoms with van der Waals surface area (Å²) in [6.45, 7) is 0. The van der Waals surface area contributed by atoms with Gasteiger partial charge < -0.3 is 11.5 Å². The molecule has 0 heterocycles. The molecule has 9 heteroatoms. The van der Waals surface area contributed by atoms with Crippen LogP contribution < -0.4 is 22.3 Å². The minimum atomic E-state index is -0.940. The molecule has 0 bridgehead atoms. The smallest absolute Gasteiger partial charge is 0.362 e. The first-order valence-electron chi connectivity index (χ1n) is 2.33. The van der Waals surface area contributed by atoms with Gasteiger partial charge in [0.15, 0.2) is 0 Å². The Morgan fingerprint density at radius 1 is 1.55 bits per heavy atom. The molecule has 0 aliphatic rings. The Labute approximate surface area is 60.5 Å². The average molecular weight is 163 g/mol. The van der Waals surface area contributed by atoms with E-state index >= 15 is 0 Å². The fourth-order valence-electron chi connectivity index (χ4n) is 0.238. The van der Waals surface area contributed by atoms with E-state index in [2.05, 4.69) is 10.8 Å². The predicted octanol–water partition coefficient (Wildman–Crippen LogP) is -2.44. The molecule has 0 saturated carbocycles. The van der Waals surface area contributed by atoms with Crippen molar-refractivity contribution in [3.05, 3.63) is 4.91 Å². The van der Waals surface area contributed by atoms with Crippen LogP contribution in [0.3, 0.4) is 0 Å². The second kappa shape index (κ2) is 3.87. The third kappa shape index (κ3) is 5.82. The van der Waals surface area contributed by atoms with Crippen LogP contribution in [0, 0.1) is 4.91 Å². The van der Waals surface area contributed by atoms with Crippen LogP contribution in [0.4, 0.5) is 4.79 Å². The highest BCUT2D eigenvalue weighted by Gasteiger charge is 2.03. The normalized spacial score (nSPS) is 10.4. The van der Waals surface area contributed by atoms with Gasteiger partial charge in [-0.3, -0.25) is 0 Å². The highest BCUT2D eigenvalue weighted by Crippen LogP contribution is 1.60. The molecule has 0 spiro atoms. The molecule has 0 aromatic rings. The van der Waals surface area contributed by atoms with Crippen molar-refractivity contribution in [2.45, 2.75) is 0 Å². The predicted molar refractivity (Wildman–Crippen MR) is 32.9 cm³/mol. The molecule has 0 fully saturated rings. The largest absolute Gasteiger partial charge is 0.364 e. The molecular formula is C2H7N6O3+. The summed E-state index contributed by atoms with van der Waals surface area (Å²) in [5.41, 5.74) is 12.8. The number of hydrazine groups is 1. The maximum Gasteiger partial charge on any atom is 0.362 e. The summed E-state index contributed by atoms with van der Waals surface area (Å²) in [7, 11) is 0. The zero-order chi connectivity index (χ0) is 8.85. The van der Waals surface area contributed by atoms with Gasteiger partial charge in [-0.2, -0.15) is 0 Å². The van der Waals surface area contributed by atoms with E-state index < -0.39 is 17.0 Å². The van der Waals surface area contributed by atoms with Crippen molar-refractivity contribution in [3.8, 4) is 0 Å². The topological polar surface area (TPSA) is 146 Å². The maximum atomic E-state index is 9.96. The number of hydrazone groups is 1. The van der Waals surface area contributed by atoms with Crippen LogP contribution in [0.25, 0.3) is 0 Å². The van der Waals surface area contributed by atoms with Crippen molar-refractivity contribution in [2.24, 2.45) is 16.6 Å². The summed E-state index contributed by atoms with van der Waals surface area (Å²) in [6.07, 6.45) is 0. The number of hydrogen-bond acceptors (Lipinski definition) is 3. The van der Waals surface area contributed by atoms with Gasteiger partial charge in [-0.1, -0.05) is 0 Å². The summed E-state index contributed by atoms with van der Waals surface area (Å²) in [5.74, 6) is -0.499. The molecule has 0 rings (SSSR count). The molecule has 0 radical (unpaired) electrons. The van der Waals surface area contributed by atoms with E-state index in [0.717, 1.165) is 0 Å². The van der Waals surface area contributed by atoms with Crippen molar-refractivity contribution in [1.29, 1.82) is 0 Å². The number of nitrogens with two attached hydrogens (primary N) is 2. The maximum absolute atomic E-state index is 9.96. The molecule has 0 aliphatic heterocycles. The number of guanidine groups is 1. The molecule has 11 heavy (non-hydrogen) atoms. The van der Waals surface area contributed by atoms with Gasteiger partial charge in [-0.25, -0.2) is 15.4 Å². The van der Waals surface area contributed by atoms with Crippen LogP contribution in [-0.4, -0.2) is 22.2 Å². The summed E-state index contributed by atoms with van der Waals surface area (Å²) >= 11 is 0. The number of carbonyl (C=O) groups excluding carboxylic acids is 1. The number of nitrogens with one attached hydrogen (secondary N) is 2. The second-order valence-electron chi connectivity index (χ2n) is 1.36. The molecule has 0 aliphatic carbocycles. The Balaban J connectivity index is 3.81. The molecule has 0 atom stereocenters. The van der Waals surface area contributed by atoms with E-state index in [0.29, 0.717) is 0 Å². The summed E-state index contributed by atoms with van der Waals surface area (Å²) < 4.78 is 0. The average Bonchev–Trinajstić information content (AvgIpc) is 1.82. The lowest BCUT2D eigenvalue weighted by Gasteiger charge is -1.91. The monoisotopic (exact) mass is 163 g/mol. The first-order valence-corrected chi connectivity index (χ1v) is 2.33. The Kier molecular flexibility index (Phi) is 3.15. The Hall–Kier alpha value is -2.06. The van der Waals surface area contributed by atoms with Crippen LogP contribution >= 0.6 is 0 Å². The molecular weight excluding hydrogens is 156 g/mol. The van der Waals surface area contributed by atoms with Crippen LogP contribution in [0.15, 0.2) is 5.10 Å². The highest BCUT2D eigenvalue weighted by molar-refractivity contribution is 5.79. The standard InChI is InChI=1S/C2H6N6O3/c3-1(7-8(10)11)5-6-2(4)9/h(H6-,3,4,5,6,7,9,10,11)/p+1. The SMILES string of the molecule is NC(=O)N/N=C(\N)N[N+](=O)O. The number of urea groups is 1. The van der Waals surface area contributed by atoms with Gasteiger partial charge in [0.2, 0.25) is 0 Å². The lowest BCUT2D eigenvalue weighted by Crippen LogP contribution is -2.40. The van der Waals surface area contributed by atoms with Crippen LogP contribution in [0.2, 0.25) is 0 Å². The Morgan fingerprint density at radius 2 is 2.09 bits per heavy atom. The van der Waals surface area contributed by atoms with Gasteiger partial charge >= 0.3 is 11.1 Å². The zero-order valence-electron chi connectivity index (χ0n) is 5.31. The van der Waals surface area contributed by atoms with Crippen molar-refractivity contribution in [2.75, 3.05) is 0 Å². The van der Waals surface area contributed by atoms with E-state index in [1.54, 1.807) is 10.9 Å². The Bertz CT molecular complexity index is 198. The van der Waals surface area contributed by atoms with Gasteiger partial charge in [-0.05, 0) is 5.43 Å². The van der Waals surface area contributed by atoms with Gasteiger partial charge in [-0.15, -0.1) is 5.10 Å². The van der Waals surface area contributed by atoms with Gasteiger partial charge in [0.05, 0.1) is 0 Å². The summed E-state index contributed by atoms with van der Waals surface area (Å²) in [6, 6.07) is -0.940. The van der Waals surface area contributed by atoms with E-state index in [9.17, 15) is 9.70 Å². The highest BCUT2D eigenvalue weighted by atomic mass is 16.7. The molecule has 7 N–H and O–H groups in total. The third-order valence-corrected chi connectivity index (χ3v) is 0.497. The number of hydrogen-bond donors (Lipinski definition) is 5. The minimum absolute atomic E-state index is 0.499. The van der Waals surface area contributed by atoms with Crippen molar-refractivity contribution in [3.63, 3.8) is 0 Å². The van der Waals surface area contributed by atoms with Crippen molar-refractivity contribution < 1.29 is 15.0 Å². The van der Waals surface area contributed by atoms with Crippen LogP contribution in [0.1, 0.15) is 0 Å². The lowest BCUT2D eigenvalue weighted by molar-refractivity contribution is -0.822. The first kappa shape index (κ1) is 8.94. The number of nitrogens with zero attached hydrogens (tertiary/aromatic N) is 2. The van der Waals surface area contributed by atoms with Crippen molar-refractivity contribution in [1.82, 2.24) is 10.9 Å². The molecule has 0 saturated heterocycles. The number of amides is 2.